The van der Waals surface area contributed by atoms with Gasteiger partial charge in [0.05, 0.1) is 19.8 Å². The fourth-order valence-electron chi connectivity index (χ4n) is 5.96. The number of unbranched alkanes of at least 4 members (excludes halogenated alkanes) is 17. The first-order chi connectivity index (χ1) is 29.4. The van der Waals surface area contributed by atoms with Gasteiger partial charge in [0.25, 0.3) is 0 Å². The van der Waals surface area contributed by atoms with Crippen LogP contribution in [0, 0.1) is 0 Å². The first kappa shape index (κ1) is 58.8. The van der Waals surface area contributed by atoms with Gasteiger partial charge in [-0.1, -0.05) is 171 Å². The quantitative estimate of drug-likeness (QED) is 0.0195. The average Bonchev–Trinajstić information content (AvgIpc) is 3.22. The summed E-state index contributed by atoms with van der Waals surface area (Å²) in [5.41, 5.74) is 0. The molecular weight excluding hydrogens is 822 g/mol. The minimum absolute atomic E-state index is 0.0916. The Morgan fingerprint density at radius 1 is 0.492 bits per heavy atom. The summed E-state index contributed by atoms with van der Waals surface area (Å²) in [7, 11) is -9.69. The Hall–Kier alpha value is -2.18. The fourth-order valence-corrected chi connectivity index (χ4v) is 7.12. The SMILES string of the molecule is CCC=CCC=CCC=CCC=CCC=CCCCCCC(=O)OC(COC(=O)CCCCCCCCCCCCCCCCC)COP(=O)(O)OCC(O)COP(=O)(O)O. The summed E-state index contributed by atoms with van der Waals surface area (Å²) in [6.45, 7) is 1.62. The number of hydrogen-bond donors (Lipinski definition) is 4. The molecule has 3 atom stereocenters. The highest BCUT2D eigenvalue weighted by Crippen LogP contribution is 2.43. The molecule has 0 fully saturated rings. The zero-order chi connectivity index (χ0) is 45.1. The van der Waals surface area contributed by atoms with Gasteiger partial charge < -0.3 is 29.3 Å². The highest BCUT2D eigenvalue weighted by molar-refractivity contribution is 7.47. The molecule has 0 aliphatic rings. The maximum Gasteiger partial charge on any atom is 0.472 e. The summed E-state index contributed by atoms with van der Waals surface area (Å²) in [5.74, 6) is -1.07. The molecule has 0 aromatic heterocycles. The normalized spacial score (nSPS) is 14.5. The highest BCUT2D eigenvalue weighted by atomic mass is 31.2. The molecule has 4 N–H and O–H groups in total. The number of phosphoric acid groups is 2. The van der Waals surface area contributed by atoms with E-state index >= 15 is 0 Å². The second kappa shape index (κ2) is 41.8. The largest absolute Gasteiger partial charge is 0.472 e. The van der Waals surface area contributed by atoms with E-state index in [0.717, 1.165) is 70.6 Å². The van der Waals surface area contributed by atoms with E-state index in [1.54, 1.807) is 0 Å². The van der Waals surface area contributed by atoms with Crippen LogP contribution in [-0.4, -0.2) is 70.4 Å². The summed E-state index contributed by atoms with van der Waals surface area (Å²) in [5, 5.41) is 9.76. The van der Waals surface area contributed by atoms with Crippen molar-refractivity contribution >= 4 is 27.6 Å². The Morgan fingerprint density at radius 2 is 0.902 bits per heavy atom. The second-order valence-corrected chi connectivity index (χ2v) is 18.0. The van der Waals surface area contributed by atoms with E-state index in [9.17, 15) is 28.7 Å². The Morgan fingerprint density at radius 3 is 1.39 bits per heavy atom. The Balaban J connectivity index is 4.55. The van der Waals surface area contributed by atoms with Crippen molar-refractivity contribution in [3.05, 3.63) is 60.8 Å². The lowest BCUT2D eigenvalue weighted by Gasteiger charge is -2.20. The van der Waals surface area contributed by atoms with E-state index in [1.807, 2.05) is 0 Å². The number of aliphatic hydroxyl groups excluding tert-OH is 1. The molecule has 0 bridgehead atoms. The first-order valence-electron chi connectivity index (χ1n) is 23.0. The number of aliphatic hydroxyl groups is 1. The third kappa shape index (κ3) is 45.7. The first-order valence-corrected chi connectivity index (χ1v) is 26.0. The average molecular weight is 905 g/mol. The van der Waals surface area contributed by atoms with E-state index in [1.165, 1.54) is 70.6 Å². The highest BCUT2D eigenvalue weighted by Gasteiger charge is 2.28. The van der Waals surface area contributed by atoms with E-state index in [2.05, 4.69) is 83.7 Å². The van der Waals surface area contributed by atoms with Gasteiger partial charge in [0, 0.05) is 12.8 Å². The molecule has 0 aliphatic carbocycles. The van der Waals surface area contributed by atoms with Crippen LogP contribution in [0.1, 0.15) is 181 Å². The molecule has 0 aromatic rings. The zero-order valence-electron chi connectivity index (χ0n) is 37.5. The minimum atomic E-state index is -4.87. The maximum atomic E-state index is 12.7. The lowest BCUT2D eigenvalue weighted by Crippen LogP contribution is -2.30. The predicted octanol–water partition coefficient (Wildman–Crippen LogP) is 12.0. The number of allylic oxidation sites excluding steroid dienone is 10. The van der Waals surface area contributed by atoms with Crippen LogP contribution in [0.2, 0.25) is 0 Å². The fraction of sp³-hybridized carbons (Fsp3) is 0.739. The number of phosphoric ester groups is 2. The molecule has 0 saturated heterocycles. The van der Waals surface area contributed by atoms with Crippen LogP contribution in [0.25, 0.3) is 0 Å². The Kier molecular flexibility index (Phi) is 40.3. The zero-order valence-corrected chi connectivity index (χ0v) is 39.3. The minimum Gasteiger partial charge on any atom is -0.462 e. The van der Waals surface area contributed by atoms with Gasteiger partial charge in [0.1, 0.15) is 12.7 Å². The molecule has 0 saturated carbocycles. The summed E-state index contributed by atoms with van der Waals surface area (Å²) in [6, 6.07) is 0. The number of carbonyl (C=O) groups excluding carboxylic acids is 2. The van der Waals surface area contributed by atoms with Crippen LogP contribution >= 0.6 is 15.6 Å². The molecule has 354 valence electrons. The van der Waals surface area contributed by atoms with Gasteiger partial charge in [-0.3, -0.25) is 23.2 Å². The summed E-state index contributed by atoms with van der Waals surface area (Å²) < 4.78 is 47.8. The van der Waals surface area contributed by atoms with Crippen molar-refractivity contribution in [1.29, 1.82) is 0 Å². The van der Waals surface area contributed by atoms with Gasteiger partial charge in [-0.05, 0) is 57.8 Å². The molecule has 61 heavy (non-hydrogen) atoms. The summed E-state index contributed by atoms with van der Waals surface area (Å²) >= 11 is 0. The number of esters is 2. The molecule has 0 rings (SSSR count). The lowest BCUT2D eigenvalue weighted by molar-refractivity contribution is -0.161. The third-order valence-electron chi connectivity index (χ3n) is 9.41. The van der Waals surface area contributed by atoms with Gasteiger partial charge in [0.15, 0.2) is 6.10 Å². The maximum absolute atomic E-state index is 12.7. The molecular formula is C46H82O13P2. The van der Waals surface area contributed by atoms with Crippen LogP contribution < -0.4 is 0 Å². The monoisotopic (exact) mass is 905 g/mol. The molecule has 0 aliphatic heterocycles. The second-order valence-electron chi connectivity index (χ2n) is 15.3. The third-order valence-corrected chi connectivity index (χ3v) is 10.8. The standard InChI is InChI=1S/C46H82O13P2/c1-3-5-7-9-11-13-15-17-19-20-21-22-24-26-28-30-32-34-36-38-46(49)59-44(42-58-61(53,54)57-40-43(47)39-56-60(50,51)52)41-55-45(48)37-35-33-31-29-27-25-23-18-16-14-12-10-8-6-4-2/h5,7,11,13,17,19,21-22,26,28,43-44,47H,3-4,6,8-10,12,14-16,18,20,23-25,27,29-42H2,1-2H3,(H,53,54)(H2,50,51,52). The van der Waals surface area contributed by atoms with Crippen LogP contribution in [0.4, 0.5) is 0 Å². The van der Waals surface area contributed by atoms with Crippen LogP contribution in [0.5, 0.6) is 0 Å². The lowest BCUT2D eigenvalue weighted by atomic mass is 10.0. The molecule has 3 unspecified atom stereocenters. The van der Waals surface area contributed by atoms with Crippen molar-refractivity contribution in [2.24, 2.45) is 0 Å². The van der Waals surface area contributed by atoms with E-state index < -0.39 is 66.2 Å². The molecule has 0 radical (unpaired) electrons. The number of carbonyl (C=O) groups is 2. The molecule has 15 heteroatoms. The molecule has 0 aromatic carbocycles. The topological polar surface area (TPSA) is 195 Å². The number of rotatable bonds is 43. The van der Waals surface area contributed by atoms with Crippen molar-refractivity contribution in [2.45, 2.75) is 193 Å². The van der Waals surface area contributed by atoms with Crippen LogP contribution in [-0.2, 0) is 41.8 Å². The predicted molar refractivity (Wildman–Crippen MR) is 244 cm³/mol. The van der Waals surface area contributed by atoms with Gasteiger partial charge in [-0.2, -0.15) is 0 Å². The molecule has 0 heterocycles. The Labute approximate surface area is 368 Å². The van der Waals surface area contributed by atoms with Gasteiger partial charge >= 0.3 is 27.6 Å². The summed E-state index contributed by atoms with van der Waals surface area (Å²) in [6.07, 6.45) is 44.9. The van der Waals surface area contributed by atoms with Gasteiger partial charge in [-0.15, -0.1) is 0 Å². The van der Waals surface area contributed by atoms with Gasteiger partial charge in [0.2, 0.25) is 0 Å². The van der Waals surface area contributed by atoms with Crippen molar-refractivity contribution in [3.8, 4) is 0 Å². The van der Waals surface area contributed by atoms with Crippen molar-refractivity contribution in [1.82, 2.24) is 0 Å². The van der Waals surface area contributed by atoms with Crippen molar-refractivity contribution < 1.29 is 61.6 Å². The van der Waals surface area contributed by atoms with Crippen molar-refractivity contribution in [3.63, 3.8) is 0 Å². The van der Waals surface area contributed by atoms with E-state index in [4.69, 9.17) is 23.8 Å². The van der Waals surface area contributed by atoms with Gasteiger partial charge in [-0.25, -0.2) is 9.13 Å². The molecule has 13 nitrogen and oxygen atoms in total. The molecule has 0 amide bonds. The van der Waals surface area contributed by atoms with Crippen molar-refractivity contribution in [2.75, 3.05) is 26.4 Å². The van der Waals surface area contributed by atoms with Crippen LogP contribution in [0.15, 0.2) is 60.8 Å². The van der Waals surface area contributed by atoms with E-state index in [0.29, 0.717) is 12.8 Å². The number of ether oxygens (including phenoxy) is 2. The number of hydrogen-bond acceptors (Lipinski definition) is 10. The summed E-state index contributed by atoms with van der Waals surface area (Å²) in [4.78, 5) is 52.8. The van der Waals surface area contributed by atoms with E-state index in [-0.39, 0.29) is 12.8 Å². The smallest absolute Gasteiger partial charge is 0.462 e. The van der Waals surface area contributed by atoms with Crippen LogP contribution in [0.3, 0.4) is 0 Å². The Bertz CT molecular complexity index is 1310. The molecule has 0 spiro atoms.